The van der Waals surface area contributed by atoms with Gasteiger partial charge in [0, 0.05) is 6.42 Å². The summed E-state index contributed by atoms with van der Waals surface area (Å²) >= 11 is 0. The summed E-state index contributed by atoms with van der Waals surface area (Å²) < 4.78 is 10.2. The van der Waals surface area contributed by atoms with Crippen LogP contribution in [0.3, 0.4) is 0 Å². The van der Waals surface area contributed by atoms with Gasteiger partial charge in [-0.1, -0.05) is 25.7 Å². The zero-order valence-electron chi connectivity index (χ0n) is 15.3. The molecule has 0 aliphatic carbocycles. The molecule has 0 fully saturated rings. The van der Waals surface area contributed by atoms with Crippen LogP contribution in [0.15, 0.2) is 0 Å². The first-order chi connectivity index (χ1) is 10.7. The summed E-state index contributed by atoms with van der Waals surface area (Å²) in [6, 6.07) is 0. The first kappa shape index (κ1) is 21.6. The highest BCUT2D eigenvalue weighted by Crippen LogP contribution is 2.18. The third-order valence-electron chi connectivity index (χ3n) is 3.36. The Hall–Kier alpha value is -1.39. The molecule has 0 amide bonds. The third kappa shape index (κ3) is 11.8. The number of carbonyl (C=O) groups excluding carboxylic acids is 3. The van der Waals surface area contributed by atoms with Crippen LogP contribution in [0.25, 0.3) is 0 Å². The lowest BCUT2D eigenvalue weighted by Gasteiger charge is -2.22. The molecular formula is C18H32O5. The van der Waals surface area contributed by atoms with Gasteiger partial charge in [0.05, 0.1) is 6.61 Å². The summed E-state index contributed by atoms with van der Waals surface area (Å²) in [4.78, 5) is 34.8. The van der Waals surface area contributed by atoms with Crippen LogP contribution in [0.5, 0.6) is 0 Å². The highest BCUT2D eigenvalue weighted by molar-refractivity contribution is 5.97. The van der Waals surface area contributed by atoms with Crippen LogP contribution in [0.2, 0.25) is 0 Å². The zero-order valence-corrected chi connectivity index (χ0v) is 15.3. The van der Waals surface area contributed by atoms with E-state index >= 15 is 0 Å². The molecule has 1 unspecified atom stereocenters. The number of ketones is 1. The van der Waals surface area contributed by atoms with Gasteiger partial charge in [-0.25, -0.2) is 0 Å². The molecule has 0 rings (SSSR count). The molecule has 0 aromatic carbocycles. The zero-order chi connectivity index (χ0) is 17.9. The number of rotatable bonds is 11. The highest BCUT2D eigenvalue weighted by atomic mass is 16.6. The van der Waals surface area contributed by atoms with Crippen molar-refractivity contribution in [2.75, 3.05) is 6.61 Å². The number of Topliss-reactive ketones (excluding diaryl/α,β-unsaturated/α-hetero) is 1. The Balaban J connectivity index is 3.92. The number of ether oxygens (including phenoxy) is 2. The average Bonchev–Trinajstić information content (AvgIpc) is 2.39. The molecule has 0 saturated heterocycles. The molecule has 134 valence electrons. The summed E-state index contributed by atoms with van der Waals surface area (Å²) in [6.45, 7) is 9.06. The predicted octanol–water partition coefficient (Wildman–Crippen LogP) is 3.83. The predicted molar refractivity (Wildman–Crippen MR) is 89.0 cm³/mol. The maximum Gasteiger partial charge on any atom is 0.316 e. The monoisotopic (exact) mass is 328 g/mol. The van der Waals surface area contributed by atoms with Gasteiger partial charge in [0.15, 0.2) is 0 Å². The van der Waals surface area contributed by atoms with Gasteiger partial charge in [-0.05, 0) is 47.5 Å². The van der Waals surface area contributed by atoms with Crippen molar-refractivity contribution in [3.63, 3.8) is 0 Å². The van der Waals surface area contributed by atoms with Crippen molar-refractivity contribution in [1.29, 1.82) is 0 Å². The normalized spacial score (nSPS) is 12.6. The molecule has 0 aromatic heterocycles. The second-order valence-corrected chi connectivity index (χ2v) is 6.81. The average molecular weight is 328 g/mol. The number of esters is 2. The van der Waals surface area contributed by atoms with Crippen molar-refractivity contribution in [2.45, 2.75) is 85.2 Å². The number of carbonyl (C=O) groups is 3. The molecule has 0 saturated carbocycles. The first-order valence-corrected chi connectivity index (χ1v) is 8.56. The Labute approximate surface area is 140 Å². The van der Waals surface area contributed by atoms with E-state index in [4.69, 9.17) is 9.47 Å². The van der Waals surface area contributed by atoms with Crippen molar-refractivity contribution in [2.24, 2.45) is 5.92 Å². The van der Waals surface area contributed by atoms with Crippen LogP contribution in [-0.4, -0.2) is 29.9 Å². The van der Waals surface area contributed by atoms with Gasteiger partial charge in [0.2, 0.25) is 0 Å². The molecule has 0 bridgehead atoms. The summed E-state index contributed by atoms with van der Waals surface area (Å²) in [6.07, 6.45) is 5.50. The minimum absolute atomic E-state index is 0.137. The number of unbranched alkanes of at least 4 members (excludes halogenated alkanes) is 4. The molecule has 0 N–H and O–H groups in total. The lowest BCUT2D eigenvalue weighted by atomic mass is 9.96. The van der Waals surface area contributed by atoms with Crippen LogP contribution in [0.4, 0.5) is 0 Å². The third-order valence-corrected chi connectivity index (χ3v) is 3.36. The van der Waals surface area contributed by atoms with Gasteiger partial charge in [-0.3, -0.25) is 14.4 Å². The Morgan fingerprint density at radius 1 is 0.957 bits per heavy atom. The molecule has 0 aromatic rings. The molecule has 5 heteroatoms. The SMILES string of the molecule is CCOC(=O)CCCCCCCC(C(C)=O)C(=O)OC(C)(C)C. The molecule has 1 atom stereocenters. The molecule has 0 spiro atoms. The topological polar surface area (TPSA) is 69.7 Å². The highest BCUT2D eigenvalue weighted by Gasteiger charge is 2.28. The molecular weight excluding hydrogens is 296 g/mol. The van der Waals surface area contributed by atoms with Gasteiger partial charge in [0.1, 0.15) is 17.3 Å². The Morgan fingerprint density at radius 2 is 1.52 bits per heavy atom. The van der Waals surface area contributed by atoms with E-state index in [1.54, 1.807) is 27.7 Å². The van der Waals surface area contributed by atoms with Crippen LogP contribution < -0.4 is 0 Å². The van der Waals surface area contributed by atoms with E-state index in [1.165, 1.54) is 6.92 Å². The van der Waals surface area contributed by atoms with E-state index in [-0.39, 0.29) is 11.8 Å². The summed E-state index contributed by atoms with van der Waals surface area (Å²) in [5.41, 5.74) is -0.572. The van der Waals surface area contributed by atoms with E-state index in [0.717, 1.165) is 32.1 Å². The molecule has 0 radical (unpaired) electrons. The lowest BCUT2D eigenvalue weighted by molar-refractivity contribution is -0.162. The van der Waals surface area contributed by atoms with Crippen LogP contribution in [-0.2, 0) is 23.9 Å². The summed E-state index contributed by atoms with van der Waals surface area (Å²) in [5.74, 6) is -1.36. The van der Waals surface area contributed by atoms with Gasteiger partial charge < -0.3 is 9.47 Å². The largest absolute Gasteiger partial charge is 0.466 e. The van der Waals surface area contributed by atoms with Crippen LogP contribution >= 0.6 is 0 Å². The Bertz CT molecular complexity index is 381. The fourth-order valence-corrected chi connectivity index (χ4v) is 2.24. The van der Waals surface area contributed by atoms with Crippen molar-refractivity contribution >= 4 is 17.7 Å². The first-order valence-electron chi connectivity index (χ1n) is 8.56. The summed E-state index contributed by atoms with van der Waals surface area (Å²) in [5, 5.41) is 0. The lowest BCUT2D eigenvalue weighted by Crippen LogP contribution is -2.31. The molecule has 0 heterocycles. The van der Waals surface area contributed by atoms with Crippen molar-refractivity contribution < 1.29 is 23.9 Å². The van der Waals surface area contributed by atoms with Crippen molar-refractivity contribution in [1.82, 2.24) is 0 Å². The van der Waals surface area contributed by atoms with Gasteiger partial charge >= 0.3 is 11.9 Å². The maximum atomic E-state index is 12.0. The Morgan fingerprint density at radius 3 is 2.04 bits per heavy atom. The molecule has 5 nitrogen and oxygen atoms in total. The quantitative estimate of drug-likeness (QED) is 0.327. The molecule has 23 heavy (non-hydrogen) atoms. The second kappa shape index (κ2) is 11.2. The fourth-order valence-electron chi connectivity index (χ4n) is 2.24. The van der Waals surface area contributed by atoms with E-state index in [1.807, 2.05) is 0 Å². The minimum Gasteiger partial charge on any atom is -0.466 e. The smallest absolute Gasteiger partial charge is 0.316 e. The molecule has 0 aliphatic rings. The fraction of sp³-hybridized carbons (Fsp3) is 0.833. The summed E-state index contributed by atoms with van der Waals surface area (Å²) in [7, 11) is 0. The van der Waals surface area contributed by atoms with E-state index in [2.05, 4.69) is 0 Å². The van der Waals surface area contributed by atoms with Crippen LogP contribution in [0.1, 0.15) is 79.6 Å². The van der Waals surface area contributed by atoms with Crippen molar-refractivity contribution in [3.8, 4) is 0 Å². The minimum atomic E-state index is -0.659. The van der Waals surface area contributed by atoms with Gasteiger partial charge in [-0.15, -0.1) is 0 Å². The van der Waals surface area contributed by atoms with Gasteiger partial charge in [-0.2, -0.15) is 0 Å². The van der Waals surface area contributed by atoms with E-state index in [9.17, 15) is 14.4 Å². The second-order valence-electron chi connectivity index (χ2n) is 6.81. The van der Waals surface area contributed by atoms with E-state index < -0.39 is 17.5 Å². The van der Waals surface area contributed by atoms with Gasteiger partial charge in [0.25, 0.3) is 0 Å². The standard InChI is InChI=1S/C18H32O5/c1-6-22-16(20)13-11-9-7-8-10-12-15(14(2)19)17(21)23-18(3,4)5/h15H,6-13H2,1-5H3. The maximum absolute atomic E-state index is 12.0. The van der Waals surface area contributed by atoms with Crippen molar-refractivity contribution in [3.05, 3.63) is 0 Å². The number of hydrogen-bond donors (Lipinski definition) is 0. The number of hydrogen-bond acceptors (Lipinski definition) is 5. The van der Waals surface area contributed by atoms with E-state index in [0.29, 0.717) is 19.4 Å². The van der Waals surface area contributed by atoms with Crippen LogP contribution in [0, 0.1) is 5.92 Å². The molecule has 0 aliphatic heterocycles. The Kier molecular flexibility index (Phi) is 10.5.